The van der Waals surface area contributed by atoms with E-state index in [4.69, 9.17) is 0 Å². The van der Waals surface area contributed by atoms with E-state index < -0.39 is 5.54 Å². The second kappa shape index (κ2) is 4.94. The largest absolute Gasteiger partial charge is 0.325 e. The van der Waals surface area contributed by atoms with Crippen LogP contribution in [0.15, 0.2) is 0 Å². The van der Waals surface area contributed by atoms with E-state index in [1.165, 1.54) is 11.8 Å². The Bertz CT molecular complexity index is 409. The molecule has 3 amide bonds. The summed E-state index contributed by atoms with van der Waals surface area (Å²) in [6.45, 7) is 5.73. The van der Waals surface area contributed by atoms with Gasteiger partial charge in [0.05, 0.1) is 0 Å². The molecule has 1 N–H and O–H groups in total. The highest BCUT2D eigenvalue weighted by Crippen LogP contribution is 2.42. The van der Waals surface area contributed by atoms with Crippen molar-refractivity contribution in [2.24, 2.45) is 11.8 Å². The highest BCUT2D eigenvalue weighted by molar-refractivity contribution is 6.07. The van der Waals surface area contributed by atoms with E-state index in [1.54, 1.807) is 0 Å². The van der Waals surface area contributed by atoms with Gasteiger partial charge in [0.2, 0.25) is 0 Å². The van der Waals surface area contributed by atoms with Crippen molar-refractivity contribution in [3.05, 3.63) is 0 Å². The van der Waals surface area contributed by atoms with E-state index in [2.05, 4.69) is 5.32 Å². The van der Waals surface area contributed by atoms with Gasteiger partial charge in [-0.25, -0.2) is 4.79 Å². The van der Waals surface area contributed by atoms with Crippen LogP contribution in [0.5, 0.6) is 0 Å². The van der Waals surface area contributed by atoms with Gasteiger partial charge in [-0.2, -0.15) is 0 Å². The van der Waals surface area contributed by atoms with Crippen molar-refractivity contribution >= 4 is 17.7 Å². The van der Waals surface area contributed by atoms with Crippen LogP contribution in [0.3, 0.4) is 0 Å². The lowest BCUT2D eigenvalue weighted by molar-refractivity contribution is -0.136. The standard InChI is InChI=1S/C14H22N2O3/c1-9-5-4-6-10(2)14(9)12(18)16(13(19)15-14)8-7-11(3)17/h9-10H,4-8H2,1-3H3,(H,15,19). The number of rotatable bonds is 3. The molecule has 5 nitrogen and oxygen atoms in total. The molecule has 0 aromatic rings. The summed E-state index contributed by atoms with van der Waals surface area (Å²) in [7, 11) is 0. The molecule has 2 unspecified atom stereocenters. The minimum absolute atomic E-state index is 0.00806. The smallest absolute Gasteiger partial charge is 0.323 e. The number of Topliss-reactive ketones (excluding diaryl/α,β-unsaturated/α-hetero) is 1. The maximum atomic E-state index is 12.7. The third-order valence-corrected chi connectivity index (χ3v) is 4.67. The number of hydrogen-bond donors (Lipinski definition) is 1. The fraction of sp³-hybridized carbons (Fsp3) is 0.786. The summed E-state index contributed by atoms with van der Waals surface area (Å²) in [5, 5.41) is 2.92. The lowest BCUT2D eigenvalue weighted by atomic mass is 9.67. The molecule has 2 atom stereocenters. The first kappa shape index (κ1) is 14.0. The Kier molecular flexibility index (Phi) is 3.65. The number of ketones is 1. The Labute approximate surface area is 113 Å². The molecule has 1 saturated carbocycles. The van der Waals surface area contributed by atoms with E-state index in [1.807, 2.05) is 13.8 Å². The highest BCUT2D eigenvalue weighted by Gasteiger charge is 2.58. The number of nitrogens with zero attached hydrogens (tertiary/aromatic N) is 1. The number of imide groups is 1. The van der Waals surface area contributed by atoms with E-state index in [0.29, 0.717) is 0 Å². The molecule has 1 aliphatic carbocycles. The molecule has 19 heavy (non-hydrogen) atoms. The summed E-state index contributed by atoms with van der Waals surface area (Å²) < 4.78 is 0. The Balaban J connectivity index is 2.22. The first-order chi connectivity index (χ1) is 8.89. The SMILES string of the molecule is CC(=O)CCN1C(=O)NC2(C1=O)C(C)CCCC2C. The average molecular weight is 266 g/mol. The Morgan fingerprint density at radius 3 is 2.42 bits per heavy atom. The predicted molar refractivity (Wildman–Crippen MR) is 70.5 cm³/mol. The molecule has 1 heterocycles. The predicted octanol–water partition coefficient (Wildman–Crippen LogP) is 1.71. The lowest BCUT2D eigenvalue weighted by Crippen LogP contribution is -2.58. The van der Waals surface area contributed by atoms with Crippen LogP contribution >= 0.6 is 0 Å². The van der Waals surface area contributed by atoms with E-state index in [-0.39, 0.29) is 42.5 Å². The molecule has 0 radical (unpaired) electrons. The van der Waals surface area contributed by atoms with Crippen molar-refractivity contribution in [1.82, 2.24) is 10.2 Å². The van der Waals surface area contributed by atoms with Crippen molar-refractivity contribution < 1.29 is 14.4 Å². The van der Waals surface area contributed by atoms with Crippen LogP contribution in [-0.2, 0) is 9.59 Å². The fourth-order valence-electron chi connectivity index (χ4n) is 3.43. The van der Waals surface area contributed by atoms with Crippen molar-refractivity contribution in [1.29, 1.82) is 0 Å². The second-order valence-electron chi connectivity index (χ2n) is 5.94. The molecule has 1 spiro atoms. The number of nitrogens with one attached hydrogen (secondary N) is 1. The quantitative estimate of drug-likeness (QED) is 0.791. The summed E-state index contributed by atoms with van der Waals surface area (Å²) in [4.78, 5) is 37.0. The monoisotopic (exact) mass is 266 g/mol. The van der Waals surface area contributed by atoms with Gasteiger partial charge in [-0.1, -0.05) is 20.3 Å². The number of hydrogen-bond acceptors (Lipinski definition) is 3. The molecule has 0 aromatic heterocycles. The molecule has 2 aliphatic rings. The first-order valence-electron chi connectivity index (χ1n) is 7.03. The number of urea groups is 1. The van der Waals surface area contributed by atoms with Gasteiger partial charge in [0.15, 0.2) is 0 Å². The fourth-order valence-corrected chi connectivity index (χ4v) is 3.43. The Hall–Kier alpha value is -1.39. The zero-order chi connectivity index (χ0) is 14.2. The van der Waals surface area contributed by atoms with Crippen molar-refractivity contribution in [2.75, 3.05) is 6.54 Å². The molecular weight excluding hydrogens is 244 g/mol. The number of carbonyl (C=O) groups excluding carboxylic acids is 3. The summed E-state index contributed by atoms with van der Waals surface area (Å²) in [6.07, 6.45) is 3.24. The minimum atomic E-state index is -0.744. The zero-order valence-corrected chi connectivity index (χ0v) is 11.9. The van der Waals surface area contributed by atoms with E-state index in [9.17, 15) is 14.4 Å². The average Bonchev–Trinajstić information content (AvgIpc) is 2.57. The van der Waals surface area contributed by atoms with E-state index >= 15 is 0 Å². The molecule has 106 valence electrons. The van der Waals surface area contributed by atoms with Crippen LogP contribution < -0.4 is 5.32 Å². The zero-order valence-electron chi connectivity index (χ0n) is 11.9. The normalized spacial score (nSPS) is 34.8. The third-order valence-electron chi connectivity index (χ3n) is 4.67. The summed E-state index contributed by atoms with van der Waals surface area (Å²) >= 11 is 0. The van der Waals surface area contributed by atoms with Gasteiger partial charge in [-0.05, 0) is 31.6 Å². The molecular formula is C14H22N2O3. The van der Waals surface area contributed by atoms with Crippen LogP contribution in [0, 0.1) is 11.8 Å². The number of amides is 3. The molecule has 5 heteroatoms. The van der Waals surface area contributed by atoms with Gasteiger partial charge in [0.25, 0.3) is 5.91 Å². The van der Waals surface area contributed by atoms with Crippen molar-refractivity contribution in [3.8, 4) is 0 Å². The molecule has 2 fully saturated rings. The maximum Gasteiger partial charge on any atom is 0.325 e. The van der Waals surface area contributed by atoms with Gasteiger partial charge in [0.1, 0.15) is 11.3 Å². The minimum Gasteiger partial charge on any atom is -0.323 e. The lowest BCUT2D eigenvalue weighted by Gasteiger charge is -2.42. The van der Waals surface area contributed by atoms with Gasteiger partial charge in [-0.3, -0.25) is 14.5 Å². The van der Waals surface area contributed by atoms with Gasteiger partial charge in [0, 0.05) is 13.0 Å². The second-order valence-corrected chi connectivity index (χ2v) is 5.94. The van der Waals surface area contributed by atoms with Crippen molar-refractivity contribution in [3.63, 3.8) is 0 Å². The Morgan fingerprint density at radius 2 is 1.89 bits per heavy atom. The van der Waals surface area contributed by atoms with Crippen LogP contribution in [0.1, 0.15) is 46.5 Å². The third kappa shape index (κ3) is 2.15. The summed E-state index contributed by atoms with van der Waals surface area (Å²) in [6, 6.07) is -0.341. The highest BCUT2D eigenvalue weighted by atomic mass is 16.2. The molecule has 1 aliphatic heterocycles. The Morgan fingerprint density at radius 1 is 1.32 bits per heavy atom. The number of carbonyl (C=O) groups is 3. The van der Waals surface area contributed by atoms with Gasteiger partial charge >= 0.3 is 6.03 Å². The topological polar surface area (TPSA) is 66.5 Å². The maximum absolute atomic E-state index is 12.7. The van der Waals surface area contributed by atoms with Crippen LogP contribution in [0.25, 0.3) is 0 Å². The van der Waals surface area contributed by atoms with Crippen LogP contribution in [0.2, 0.25) is 0 Å². The summed E-state index contributed by atoms with van der Waals surface area (Å²) in [5.41, 5.74) is -0.744. The van der Waals surface area contributed by atoms with Gasteiger partial charge in [-0.15, -0.1) is 0 Å². The van der Waals surface area contributed by atoms with Crippen LogP contribution in [0.4, 0.5) is 4.79 Å². The molecule has 1 saturated heterocycles. The molecule has 0 bridgehead atoms. The first-order valence-corrected chi connectivity index (χ1v) is 7.03. The van der Waals surface area contributed by atoms with Gasteiger partial charge < -0.3 is 5.32 Å². The van der Waals surface area contributed by atoms with E-state index in [0.717, 1.165) is 19.3 Å². The molecule has 0 aromatic carbocycles. The van der Waals surface area contributed by atoms with Crippen molar-refractivity contribution in [2.45, 2.75) is 52.0 Å². The van der Waals surface area contributed by atoms with Crippen LogP contribution in [-0.4, -0.2) is 34.7 Å². The summed E-state index contributed by atoms with van der Waals surface area (Å²) in [5.74, 6) is 0.148. The molecule has 2 rings (SSSR count).